The van der Waals surface area contributed by atoms with Crippen LogP contribution in [0.15, 0.2) is 38.7 Å². The van der Waals surface area contributed by atoms with Crippen LogP contribution < -0.4 is 5.56 Å². The van der Waals surface area contributed by atoms with Crippen molar-refractivity contribution in [3.05, 3.63) is 46.3 Å². The summed E-state index contributed by atoms with van der Waals surface area (Å²) in [6.45, 7) is 6.92. The molecule has 3 rings (SSSR count). The molecule has 0 N–H and O–H groups in total. The Morgan fingerprint density at radius 1 is 1.15 bits per heavy atom. The highest BCUT2D eigenvalue weighted by Gasteiger charge is 2.20. The van der Waals surface area contributed by atoms with Crippen LogP contribution in [-0.4, -0.2) is 19.7 Å². The van der Waals surface area contributed by atoms with Crippen LogP contribution in [0.5, 0.6) is 0 Å². The van der Waals surface area contributed by atoms with Crippen LogP contribution in [0.2, 0.25) is 0 Å². The number of benzene rings is 1. The van der Waals surface area contributed by atoms with Gasteiger partial charge >= 0.3 is 0 Å². The van der Waals surface area contributed by atoms with Crippen molar-refractivity contribution >= 4 is 22.7 Å². The summed E-state index contributed by atoms with van der Waals surface area (Å²) >= 11 is 1.50. The van der Waals surface area contributed by atoms with Crippen molar-refractivity contribution in [3.63, 3.8) is 0 Å². The molecule has 0 aliphatic carbocycles. The standard InChI is InChI=1S/C20H26N4O2S/c1-4-6-12-17-22-18(26-23-17)14(3)27-20-21-16-11-9-8-10-15(16)19(25)24(20)13-7-5-2/h8-11,14H,4-7,12-13H2,1-3H3. The Labute approximate surface area is 163 Å². The molecule has 1 aromatic carbocycles. The van der Waals surface area contributed by atoms with E-state index in [4.69, 9.17) is 9.51 Å². The second kappa shape index (κ2) is 9.17. The highest BCUT2D eigenvalue weighted by Crippen LogP contribution is 2.33. The zero-order valence-electron chi connectivity index (χ0n) is 16.1. The maximum Gasteiger partial charge on any atom is 0.262 e. The molecule has 0 radical (unpaired) electrons. The Kier molecular flexibility index (Phi) is 6.66. The molecular weight excluding hydrogens is 360 g/mol. The maximum atomic E-state index is 13.0. The minimum atomic E-state index is -0.0752. The molecule has 1 atom stereocenters. The van der Waals surface area contributed by atoms with Gasteiger partial charge in [0.25, 0.3) is 5.56 Å². The minimum Gasteiger partial charge on any atom is -0.338 e. The van der Waals surface area contributed by atoms with E-state index in [0.717, 1.165) is 43.4 Å². The average Bonchev–Trinajstić information content (AvgIpc) is 3.15. The van der Waals surface area contributed by atoms with Gasteiger partial charge in [-0.3, -0.25) is 9.36 Å². The fourth-order valence-corrected chi connectivity index (χ4v) is 3.79. The molecule has 7 heteroatoms. The summed E-state index contributed by atoms with van der Waals surface area (Å²) in [6.07, 6.45) is 4.92. The number of rotatable bonds is 9. The van der Waals surface area contributed by atoms with E-state index in [9.17, 15) is 4.79 Å². The lowest BCUT2D eigenvalue weighted by molar-refractivity contribution is 0.374. The van der Waals surface area contributed by atoms with E-state index >= 15 is 0 Å². The van der Waals surface area contributed by atoms with Crippen molar-refractivity contribution in [1.82, 2.24) is 19.7 Å². The summed E-state index contributed by atoms with van der Waals surface area (Å²) in [5, 5.41) is 5.35. The first kappa shape index (κ1) is 19.6. The first-order chi connectivity index (χ1) is 13.1. The third kappa shape index (κ3) is 4.58. The molecule has 6 nitrogen and oxygen atoms in total. The Bertz CT molecular complexity index is 951. The SMILES string of the molecule is CCCCc1noc(C(C)Sc2nc3ccccc3c(=O)n2CCCC)n1. The van der Waals surface area contributed by atoms with Gasteiger partial charge in [0, 0.05) is 13.0 Å². The predicted octanol–water partition coefficient (Wildman–Crippen LogP) is 4.78. The van der Waals surface area contributed by atoms with E-state index in [-0.39, 0.29) is 10.8 Å². The Balaban J connectivity index is 1.90. The van der Waals surface area contributed by atoms with Crippen LogP contribution in [0.3, 0.4) is 0 Å². The lowest BCUT2D eigenvalue weighted by atomic mass is 10.2. The van der Waals surface area contributed by atoms with Gasteiger partial charge in [0.15, 0.2) is 11.0 Å². The van der Waals surface area contributed by atoms with Crippen LogP contribution >= 0.6 is 11.8 Å². The van der Waals surface area contributed by atoms with E-state index < -0.39 is 0 Å². The lowest BCUT2D eigenvalue weighted by Crippen LogP contribution is -2.23. The number of unbranched alkanes of at least 4 members (excludes halogenated alkanes) is 2. The fourth-order valence-electron chi connectivity index (χ4n) is 2.83. The molecular formula is C20H26N4O2S. The first-order valence-corrected chi connectivity index (χ1v) is 10.5. The Morgan fingerprint density at radius 3 is 2.70 bits per heavy atom. The second-order valence-electron chi connectivity index (χ2n) is 6.63. The Morgan fingerprint density at radius 2 is 1.93 bits per heavy atom. The third-order valence-electron chi connectivity index (χ3n) is 4.43. The lowest BCUT2D eigenvalue weighted by Gasteiger charge is -2.14. The van der Waals surface area contributed by atoms with Gasteiger partial charge in [-0.1, -0.05) is 55.7 Å². The summed E-state index contributed by atoms with van der Waals surface area (Å²) < 4.78 is 7.22. The van der Waals surface area contributed by atoms with Gasteiger partial charge in [-0.25, -0.2) is 4.98 Å². The van der Waals surface area contributed by atoms with E-state index in [1.807, 2.05) is 31.2 Å². The first-order valence-electron chi connectivity index (χ1n) is 9.62. The second-order valence-corrected chi connectivity index (χ2v) is 7.94. The highest BCUT2D eigenvalue weighted by atomic mass is 32.2. The minimum absolute atomic E-state index is 0.0120. The van der Waals surface area contributed by atoms with E-state index in [0.29, 0.717) is 23.0 Å². The van der Waals surface area contributed by atoms with E-state index in [1.165, 1.54) is 11.8 Å². The van der Waals surface area contributed by atoms with Crippen molar-refractivity contribution < 1.29 is 4.52 Å². The topological polar surface area (TPSA) is 73.8 Å². The zero-order valence-corrected chi connectivity index (χ0v) is 17.0. The van der Waals surface area contributed by atoms with Gasteiger partial charge in [0.1, 0.15) is 0 Å². The van der Waals surface area contributed by atoms with Gasteiger partial charge in [-0.15, -0.1) is 0 Å². The van der Waals surface area contributed by atoms with Crippen LogP contribution in [0.1, 0.15) is 63.4 Å². The molecule has 0 amide bonds. The van der Waals surface area contributed by atoms with Gasteiger partial charge in [-0.05, 0) is 31.9 Å². The quantitative estimate of drug-likeness (QED) is 0.389. The number of para-hydroxylation sites is 1. The smallest absolute Gasteiger partial charge is 0.262 e. The van der Waals surface area contributed by atoms with Crippen LogP contribution in [0.4, 0.5) is 0 Å². The molecule has 1 unspecified atom stereocenters. The number of aromatic nitrogens is 4. The zero-order chi connectivity index (χ0) is 19.2. The summed E-state index contributed by atoms with van der Waals surface area (Å²) in [4.78, 5) is 22.2. The van der Waals surface area contributed by atoms with Gasteiger partial charge < -0.3 is 4.52 Å². The van der Waals surface area contributed by atoms with Crippen LogP contribution in [0, 0.1) is 0 Å². The van der Waals surface area contributed by atoms with Crippen LogP contribution in [0.25, 0.3) is 10.9 Å². The summed E-state index contributed by atoms with van der Waals surface area (Å²) in [7, 11) is 0. The van der Waals surface area contributed by atoms with Crippen molar-refractivity contribution in [3.8, 4) is 0 Å². The molecule has 0 aliphatic heterocycles. The number of fused-ring (bicyclic) bond motifs is 1. The summed E-state index contributed by atoms with van der Waals surface area (Å²) in [5.41, 5.74) is 0.733. The summed E-state index contributed by atoms with van der Waals surface area (Å²) in [6, 6.07) is 7.50. The van der Waals surface area contributed by atoms with Crippen molar-refractivity contribution in [2.75, 3.05) is 0 Å². The largest absolute Gasteiger partial charge is 0.338 e. The summed E-state index contributed by atoms with van der Waals surface area (Å²) in [5.74, 6) is 1.32. The Hall–Kier alpha value is -2.15. The molecule has 0 spiro atoms. The predicted molar refractivity (Wildman–Crippen MR) is 108 cm³/mol. The average molecular weight is 387 g/mol. The van der Waals surface area contributed by atoms with Crippen LogP contribution in [-0.2, 0) is 13.0 Å². The molecule has 0 fully saturated rings. The van der Waals surface area contributed by atoms with Gasteiger partial charge in [-0.2, -0.15) is 4.98 Å². The molecule has 2 heterocycles. The van der Waals surface area contributed by atoms with E-state index in [1.54, 1.807) is 4.57 Å². The van der Waals surface area contributed by atoms with Crippen molar-refractivity contribution in [2.45, 2.75) is 69.8 Å². The normalized spacial score (nSPS) is 12.6. The number of thioether (sulfide) groups is 1. The molecule has 0 saturated heterocycles. The number of hydrogen-bond acceptors (Lipinski definition) is 6. The molecule has 0 saturated carbocycles. The maximum absolute atomic E-state index is 13.0. The molecule has 144 valence electrons. The van der Waals surface area contributed by atoms with Gasteiger partial charge in [0.2, 0.25) is 5.89 Å². The van der Waals surface area contributed by atoms with Crippen molar-refractivity contribution in [1.29, 1.82) is 0 Å². The molecule has 0 bridgehead atoms. The number of nitrogens with zero attached hydrogens (tertiary/aromatic N) is 4. The molecule has 0 aliphatic rings. The molecule has 3 aromatic rings. The van der Waals surface area contributed by atoms with Crippen molar-refractivity contribution in [2.24, 2.45) is 0 Å². The number of hydrogen-bond donors (Lipinski definition) is 0. The highest BCUT2D eigenvalue weighted by molar-refractivity contribution is 7.99. The van der Waals surface area contributed by atoms with Gasteiger partial charge in [0.05, 0.1) is 16.2 Å². The number of aryl methyl sites for hydroxylation is 1. The monoisotopic (exact) mass is 386 g/mol. The van der Waals surface area contributed by atoms with E-state index in [2.05, 4.69) is 24.0 Å². The molecule has 27 heavy (non-hydrogen) atoms. The molecule has 2 aromatic heterocycles. The fraction of sp³-hybridized carbons (Fsp3) is 0.500. The third-order valence-corrected chi connectivity index (χ3v) is 5.51.